The van der Waals surface area contributed by atoms with Crippen molar-refractivity contribution in [3.63, 3.8) is 0 Å². The molecule has 1 aromatic carbocycles. The summed E-state index contributed by atoms with van der Waals surface area (Å²) in [6.45, 7) is 2.76. The van der Waals surface area contributed by atoms with Crippen molar-refractivity contribution < 1.29 is 23.8 Å². The molecule has 2 fully saturated rings. The van der Waals surface area contributed by atoms with E-state index in [0.717, 1.165) is 12.0 Å². The van der Waals surface area contributed by atoms with Gasteiger partial charge in [-0.15, -0.1) is 0 Å². The fourth-order valence-electron chi connectivity index (χ4n) is 2.86. The topological polar surface area (TPSA) is 65.1 Å². The van der Waals surface area contributed by atoms with Crippen molar-refractivity contribution >= 4 is 11.9 Å². The fourth-order valence-corrected chi connectivity index (χ4v) is 2.86. The second kappa shape index (κ2) is 6.06. The number of hydrogen-bond acceptors (Lipinski definition) is 5. The summed E-state index contributed by atoms with van der Waals surface area (Å²) >= 11 is 0. The first-order valence-electron chi connectivity index (χ1n) is 7.50. The van der Waals surface area contributed by atoms with E-state index in [1.807, 2.05) is 30.3 Å². The summed E-state index contributed by atoms with van der Waals surface area (Å²) in [7, 11) is 0. The third-order valence-electron chi connectivity index (χ3n) is 3.89. The second-order valence-corrected chi connectivity index (χ2v) is 5.33. The van der Waals surface area contributed by atoms with Crippen LogP contribution in [-0.2, 0) is 30.4 Å². The monoisotopic (exact) mass is 305 g/mol. The Kier molecular flexibility index (Phi) is 4.13. The van der Waals surface area contributed by atoms with Crippen molar-refractivity contribution in [3.05, 3.63) is 35.9 Å². The molecule has 0 aromatic heterocycles. The molecular weight excluding hydrogens is 286 g/mol. The zero-order valence-corrected chi connectivity index (χ0v) is 12.5. The van der Waals surface area contributed by atoms with E-state index in [9.17, 15) is 9.59 Å². The maximum Gasteiger partial charge on any atom is 0.345 e. The summed E-state index contributed by atoms with van der Waals surface area (Å²) < 4.78 is 16.5. The van der Waals surface area contributed by atoms with E-state index in [0.29, 0.717) is 19.6 Å². The van der Waals surface area contributed by atoms with E-state index in [2.05, 4.69) is 0 Å². The van der Waals surface area contributed by atoms with Crippen LogP contribution < -0.4 is 0 Å². The fraction of sp³-hybridized carbons (Fsp3) is 0.500. The van der Waals surface area contributed by atoms with E-state index >= 15 is 0 Å². The number of ether oxygens (including phenoxy) is 3. The quantitative estimate of drug-likeness (QED) is 0.608. The van der Waals surface area contributed by atoms with Crippen LogP contribution in [0.3, 0.4) is 0 Å². The number of carbonyl (C=O) groups is 2. The van der Waals surface area contributed by atoms with Gasteiger partial charge < -0.3 is 14.2 Å². The van der Waals surface area contributed by atoms with Crippen molar-refractivity contribution in [2.24, 2.45) is 0 Å². The molecule has 2 heterocycles. The van der Waals surface area contributed by atoms with Gasteiger partial charge in [-0.2, -0.15) is 0 Å². The van der Waals surface area contributed by atoms with Gasteiger partial charge in [0.25, 0.3) is 11.8 Å². The zero-order chi connectivity index (χ0) is 15.6. The number of rotatable bonds is 5. The van der Waals surface area contributed by atoms with Crippen LogP contribution in [0.2, 0.25) is 0 Å². The van der Waals surface area contributed by atoms with Crippen LogP contribution in [0.25, 0.3) is 0 Å². The Bertz CT molecular complexity index is 561. The maximum absolute atomic E-state index is 12.3. The summed E-state index contributed by atoms with van der Waals surface area (Å²) in [6, 6.07) is 9.65. The minimum atomic E-state index is -1.21. The molecule has 6 heteroatoms. The molecule has 2 atom stereocenters. The van der Waals surface area contributed by atoms with Crippen molar-refractivity contribution in [1.82, 2.24) is 4.90 Å². The Balaban J connectivity index is 1.73. The first kappa shape index (κ1) is 15.0. The summed E-state index contributed by atoms with van der Waals surface area (Å²) in [4.78, 5) is 25.7. The van der Waals surface area contributed by atoms with Gasteiger partial charge in [-0.1, -0.05) is 30.3 Å². The smallest absolute Gasteiger partial charge is 0.345 e. The lowest BCUT2D eigenvalue weighted by molar-refractivity contribution is -0.277. The van der Waals surface area contributed by atoms with Gasteiger partial charge in [0, 0.05) is 13.0 Å². The molecule has 0 saturated carbocycles. The number of amides is 1. The first-order valence-corrected chi connectivity index (χ1v) is 7.50. The van der Waals surface area contributed by atoms with Crippen LogP contribution in [0.15, 0.2) is 30.3 Å². The van der Waals surface area contributed by atoms with Gasteiger partial charge in [0.05, 0.1) is 13.2 Å². The zero-order valence-electron chi connectivity index (χ0n) is 12.5. The van der Waals surface area contributed by atoms with Gasteiger partial charge >= 0.3 is 5.97 Å². The minimum absolute atomic E-state index is 0.212. The Morgan fingerprint density at radius 1 is 1.41 bits per heavy atom. The summed E-state index contributed by atoms with van der Waals surface area (Å²) in [5, 5.41) is 0. The van der Waals surface area contributed by atoms with Crippen molar-refractivity contribution in [2.45, 2.75) is 38.4 Å². The normalized spacial score (nSPS) is 27.0. The molecule has 0 spiro atoms. The number of fused-ring (bicyclic) bond motifs is 1. The Morgan fingerprint density at radius 2 is 2.18 bits per heavy atom. The molecule has 2 unspecified atom stereocenters. The highest BCUT2D eigenvalue weighted by Crippen LogP contribution is 2.39. The molecule has 0 aliphatic carbocycles. The van der Waals surface area contributed by atoms with E-state index < -0.39 is 18.0 Å². The number of carbonyl (C=O) groups excluding carboxylic acids is 2. The van der Waals surface area contributed by atoms with E-state index in [4.69, 9.17) is 14.2 Å². The van der Waals surface area contributed by atoms with Gasteiger partial charge in [0.2, 0.25) is 6.10 Å². The van der Waals surface area contributed by atoms with E-state index in [1.165, 1.54) is 4.90 Å². The predicted octanol–water partition coefficient (Wildman–Crippen LogP) is 1.44. The van der Waals surface area contributed by atoms with Gasteiger partial charge in [0.15, 0.2) is 0 Å². The minimum Gasteiger partial charge on any atom is -0.464 e. The lowest BCUT2D eigenvalue weighted by Gasteiger charge is -2.29. The molecule has 2 saturated heterocycles. The standard InChI is InChI=1S/C16H19NO5/c1-2-20-15(19)13-14(18)17-10-6-9-16(17,22-13)21-11-12-7-4-3-5-8-12/h3-5,7-8,13H,2,6,9-11H2,1H3. The highest BCUT2D eigenvalue weighted by molar-refractivity contribution is 6.02. The molecule has 3 rings (SSSR count). The summed E-state index contributed by atoms with van der Waals surface area (Å²) in [5.41, 5.74) is 0.986. The average molecular weight is 305 g/mol. The average Bonchev–Trinajstić information content (AvgIpc) is 3.06. The van der Waals surface area contributed by atoms with Gasteiger partial charge in [-0.3, -0.25) is 9.69 Å². The molecule has 1 amide bonds. The lowest BCUT2D eigenvalue weighted by Crippen LogP contribution is -2.43. The molecule has 1 aromatic rings. The van der Waals surface area contributed by atoms with Crippen LogP contribution in [0.1, 0.15) is 25.3 Å². The van der Waals surface area contributed by atoms with Gasteiger partial charge in [-0.05, 0) is 18.9 Å². The third kappa shape index (κ3) is 2.60. The van der Waals surface area contributed by atoms with Crippen molar-refractivity contribution in [1.29, 1.82) is 0 Å². The van der Waals surface area contributed by atoms with Crippen molar-refractivity contribution in [3.8, 4) is 0 Å². The van der Waals surface area contributed by atoms with E-state index in [-0.39, 0.29) is 12.5 Å². The van der Waals surface area contributed by atoms with Crippen LogP contribution in [0, 0.1) is 0 Å². The third-order valence-corrected chi connectivity index (χ3v) is 3.89. The molecule has 6 nitrogen and oxygen atoms in total. The van der Waals surface area contributed by atoms with Crippen LogP contribution in [0.4, 0.5) is 0 Å². The number of nitrogens with zero attached hydrogens (tertiary/aromatic N) is 1. The van der Waals surface area contributed by atoms with Crippen LogP contribution >= 0.6 is 0 Å². The van der Waals surface area contributed by atoms with Crippen LogP contribution in [0.5, 0.6) is 0 Å². The predicted molar refractivity (Wildman–Crippen MR) is 76.4 cm³/mol. The van der Waals surface area contributed by atoms with Gasteiger partial charge in [-0.25, -0.2) is 4.79 Å². The van der Waals surface area contributed by atoms with Crippen molar-refractivity contribution in [2.75, 3.05) is 13.2 Å². The largest absolute Gasteiger partial charge is 0.464 e. The molecule has 2 aliphatic heterocycles. The number of esters is 1. The molecular formula is C16H19NO5. The summed E-state index contributed by atoms with van der Waals surface area (Å²) in [6.07, 6.45) is 0.133. The number of hydrogen-bond donors (Lipinski definition) is 0. The highest BCUT2D eigenvalue weighted by Gasteiger charge is 2.58. The Morgan fingerprint density at radius 3 is 2.91 bits per heavy atom. The maximum atomic E-state index is 12.3. The van der Waals surface area contributed by atoms with Crippen LogP contribution in [-0.4, -0.2) is 41.9 Å². The highest BCUT2D eigenvalue weighted by atomic mass is 16.7. The van der Waals surface area contributed by atoms with Gasteiger partial charge in [0.1, 0.15) is 0 Å². The second-order valence-electron chi connectivity index (χ2n) is 5.33. The molecule has 0 N–H and O–H groups in total. The molecule has 2 aliphatic rings. The molecule has 22 heavy (non-hydrogen) atoms. The first-order chi connectivity index (χ1) is 10.7. The SMILES string of the molecule is CCOC(=O)C1OC2(OCc3ccccc3)CCCN2C1=O. The molecule has 0 bridgehead atoms. The summed E-state index contributed by atoms with van der Waals surface area (Å²) in [5.74, 6) is -2.15. The number of benzene rings is 1. The Hall–Kier alpha value is -1.92. The molecule has 118 valence electrons. The van der Waals surface area contributed by atoms with E-state index in [1.54, 1.807) is 6.92 Å². The lowest BCUT2D eigenvalue weighted by atomic mass is 10.2. The molecule has 0 radical (unpaired) electrons. The Labute approximate surface area is 128 Å².